The highest BCUT2D eigenvalue weighted by Crippen LogP contribution is 2.31. The van der Waals surface area contributed by atoms with Crippen LogP contribution in [0.25, 0.3) is 11.0 Å². The quantitative estimate of drug-likeness (QED) is 0.930. The second-order valence-corrected chi connectivity index (χ2v) is 6.14. The first-order valence-corrected chi connectivity index (χ1v) is 7.55. The summed E-state index contributed by atoms with van der Waals surface area (Å²) in [7, 11) is 0. The Balaban J connectivity index is 1.99. The standard InChI is InChI=1S/C17H21NO3/c1-11(2)14-7-5-9-18(14)10-13-12-6-3-4-8-15(12)21-16(13)17(19)20/h3-4,6,8,11,14H,5,7,9-10H2,1-2H3,(H,19,20). The van der Waals surface area contributed by atoms with Gasteiger partial charge in [-0.25, -0.2) is 4.79 Å². The van der Waals surface area contributed by atoms with Crippen LogP contribution in [0.4, 0.5) is 0 Å². The van der Waals surface area contributed by atoms with Gasteiger partial charge >= 0.3 is 5.97 Å². The fraction of sp³-hybridized carbons (Fsp3) is 0.471. The summed E-state index contributed by atoms with van der Waals surface area (Å²) in [6, 6.07) is 8.10. The van der Waals surface area contributed by atoms with Crippen molar-refractivity contribution in [3.05, 3.63) is 35.6 Å². The maximum absolute atomic E-state index is 11.5. The second kappa shape index (κ2) is 5.53. The van der Waals surface area contributed by atoms with E-state index >= 15 is 0 Å². The van der Waals surface area contributed by atoms with Gasteiger partial charge in [0, 0.05) is 23.5 Å². The third kappa shape index (κ3) is 2.56. The summed E-state index contributed by atoms with van der Waals surface area (Å²) in [5, 5.41) is 10.3. The topological polar surface area (TPSA) is 53.7 Å². The van der Waals surface area contributed by atoms with Gasteiger partial charge in [-0.2, -0.15) is 0 Å². The Hall–Kier alpha value is -1.81. The molecule has 1 unspecified atom stereocenters. The molecule has 1 aliphatic rings. The monoisotopic (exact) mass is 287 g/mol. The molecule has 1 fully saturated rings. The fourth-order valence-corrected chi connectivity index (χ4v) is 3.43. The average Bonchev–Trinajstić information content (AvgIpc) is 3.04. The number of carboxylic acids is 1. The third-order valence-corrected chi connectivity index (χ3v) is 4.44. The van der Waals surface area contributed by atoms with Gasteiger partial charge in [-0.05, 0) is 31.4 Å². The van der Waals surface area contributed by atoms with Gasteiger partial charge in [0.05, 0.1) is 0 Å². The molecule has 21 heavy (non-hydrogen) atoms. The Morgan fingerprint density at radius 2 is 2.19 bits per heavy atom. The lowest BCUT2D eigenvalue weighted by Crippen LogP contribution is -2.33. The van der Waals surface area contributed by atoms with Crippen molar-refractivity contribution in [2.45, 2.75) is 39.3 Å². The summed E-state index contributed by atoms with van der Waals surface area (Å²) in [4.78, 5) is 13.9. The van der Waals surface area contributed by atoms with E-state index in [0.29, 0.717) is 24.1 Å². The normalized spacial score (nSPS) is 19.7. The zero-order valence-electron chi connectivity index (χ0n) is 12.5. The van der Waals surface area contributed by atoms with E-state index in [2.05, 4.69) is 18.7 Å². The Morgan fingerprint density at radius 1 is 1.43 bits per heavy atom. The molecule has 1 atom stereocenters. The summed E-state index contributed by atoms with van der Waals surface area (Å²) in [6.07, 6.45) is 2.37. The van der Waals surface area contributed by atoms with Crippen LogP contribution in [-0.4, -0.2) is 28.6 Å². The van der Waals surface area contributed by atoms with Crippen molar-refractivity contribution >= 4 is 16.9 Å². The van der Waals surface area contributed by atoms with Gasteiger partial charge < -0.3 is 9.52 Å². The van der Waals surface area contributed by atoms with Crippen LogP contribution in [0.1, 0.15) is 42.8 Å². The van der Waals surface area contributed by atoms with Crippen LogP contribution < -0.4 is 0 Å². The Labute approximate surface area is 124 Å². The molecule has 1 aliphatic heterocycles. The fourth-order valence-electron chi connectivity index (χ4n) is 3.43. The summed E-state index contributed by atoms with van der Waals surface area (Å²) in [5.74, 6) is -0.314. The SMILES string of the molecule is CC(C)C1CCCN1Cc1c(C(=O)O)oc2ccccc12. The van der Waals surface area contributed by atoms with E-state index in [-0.39, 0.29) is 5.76 Å². The molecule has 1 aromatic heterocycles. The molecule has 0 bridgehead atoms. The number of carboxylic acid groups (broad SMARTS) is 1. The third-order valence-electron chi connectivity index (χ3n) is 4.44. The predicted molar refractivity (Wildman–Crippen MR) is 81.4 cm³/mol. The minimum absolute atomic E-state index is 0.0885. The molecule has 1 saturated heterocycles. The summed E-state index contributed by atoms with van der Waals surface area (Å²) >= 11 is 0. The van der Waals surface area contributed by atoms with E-state index in [4.69, 9.17) is 4.42 Å². The largest absolute Gasteiger partial charge is 0.475 e. The van der Waals surface area contributed by atoms with Crippen LogP contribution in [0.5, 0.6) is 0 Å². The number of aromatic carboxylic acids is 1. The summed E-state index contributed by atoms with van der Waals surface area (Å²) in [6.45, 7) is 6.14. The minimum atomic E-state index is -0.985. The van der Waals surface area contributed by atoms with Crippen LogP contribution >= 0.6 is 0 Å². The number of para-hydroxylation sites is 1. The highest BCUT2D eigenvalue weighted by Gasteiger charge is 2.30. The molecule has 2 aromatic rings. The van der Waals surface area contributed by atoms with Crippen molar-refractivity contribution in [3.8, 4) is 0 Å². The van der Waals surface area contributed by atoms with Crippen LogP contribution in [0.2, 0.25) is 0 Å². The van der Waals surface area contributed by atoms with E-state index < -0.39 is 5.97 Å². The van der Waals surface area contributed by atoms with Crippen molar-refractivity contribution in [2.75, 3.05) is 6.54 Å². The molecular formula is C17H21NO3. The van der Waals surface area contributed by atoms with Crippen molar-refractivity contribution in [1.29, 1.82) is 0 Å². The molecule has 0 radical (unpaired) electrons. The number of fused-ring (bicyclic) bond motifs is 1. The van der Waals surface area contributed by atoms with Gasteiger partial charge in [-0.3, -0.25) is 4.90 Å². The molecule has 4 nitrogen and oxygen atoms in total. The van der Waals surface area contributed by atoms with Crippen LogP contribution in [0.3, 0.4) is 0 Å². The van der Waals surface area contributed by atoms with Crippen molar-refractivity contribution < 1.29 is 14.3 Å². The molecular weight excluding hydrogens is 266 g/mol. The van der Waals surface area contributed by atoms with Crippen molar-refractivity contribution in [2.24, 2.45) is 5.92 Å². The molecule has 4 heteroatoms. The van der Waals surface area contributed by atoms with Gasteiger partial charge in [-0.1, -0.05) is 32.0 Å². The molecule has 0 saturated carbocycles. The lowest BCUT2D eigenvalue weighted by atomic mass is 10.0. The van der Waals surface area contributed by atoms with E-state index in [9.17, 15) is 9.90 Å². The molecule has 1 aromatic carbocycles. The maximum atomic E-state index is 11.5. The highest BCUT2D eigenvalue weighted by atomic mass is 16.4. The molecule has 112 valence electrons. The van der Waals surface area contributed by atoms with Crippen molar-refractivity contribution in [1.82, 2.24) is 4.90 Å². The van der Waals surface area contributed by atoms with Crippen LogP contribution in [-0.2, 0) is 6.54 Å². The Morgan fingerprint density at radius 3 is 2.90 bits per heavy atom. The first kappa shape index (κ1) is 14.1. The number of hydrogen-bond donors (Lipinski definition) is 1. The Kier molecular flexibility index (Phi) is 3.72. The maximum Gasteiger partial charge on any atom is 0.372 e. The highest BCUT2D eigenvalue weighted by molar-refractivity contribution is 5.95. The van der Waals surface area contributed by atoms with E-state index in [0.717, 1.165) is 17.5 Å². The molecule has 0 amide bonds. The molecule has 0 aliphatic carbocycles. The van der Waals surface area contributed by atoms with Gasteiger partial charge in [0.25, 0.3) is 0 Å². The lowest BCUT2D eigenvalue weighted by Gasteiger charge is -2.27. The second-order valence-electron chi connectivity index (χ2n) is 6.14. The van der Waals surface area contributed by atoms with Gasteiger partial charge in [0.1, 0.15) is 5.58 Å². The zero-order chi connectivity index (χ0) is 15.0. The number of benzene rings is 1. The number of nitrogens with zero attached hydrogens (tertiary/aromatic N) is 1. The van der Waals surface area contributed by atoms with E-state index in [1.54, 1.807) is 0 Å². The van der Waals surface area contributed by atoms with Gasteiger partial charge in [0.2, 0.25) is 5.76 Å². The number of rotatable bonds is 4. The molecule has 1 N–H and O–H groups in total. The van der Waals surface area contributed by atoms with Crippen molar-refractivity contribution in [3.63, 3.8) is 0 Å². The average molecular weight is 287 g/mol. The molecule has 3 rings (SSSR count). The number of likely N-dealkylation sites (tertiary alicyclic amines) is 1. The van der Waals surface area contributed by atoms with Gasteiger partial charge in [0.15, 0.2) is 0 Å². The Bertz CT molecular complexity index is 659. The minimum Gasteiger partial charge on any atom is -0.475 e. The van der Waals surface area contributed by atoms with Crippen LogP contribution in [0.15, 0.2) is 28.7 Å². The number of carbonyl (C=O) groups is 1. The smallest absolute Gasteiger partial charge is 0.372 e. The lowest BCUT2D eigenvalue weighted by molar-refractivity contribution is 0.0661. The van der Waals surface area contributed by atoms with E-state index in [1.807, 2.05) is 24.3 Å². The number of hydrogen-bond acceptors (Lipinski definition) is 3. The predicted octanol–water partition coefficient (Wildman–Crippen LogP) is 3.75. The first-order valence-electron chi connectivity index (χ1n) is 7.55. The first-order chi connectivity index (χ1) is 10.1. The van der Waals surface area contributed by atoms with Crippen LogP contribution in [0, 0.1) is 5.92 Å². The summed E-state index contributed by atoms with van der Waals surface area (Å²) in [5.41, 5.74) is 1.47. The zero-order valence-corrected chi connectivity index (χ0v) is 12.5. The molecule has 0 spiro atoms. The molecule has 2 heterocycles. The number of furan rings is 1. The van der Waals surface area contributed by atoms with Gasteiger partial charge in [-0.15, -0.1) is 0 Å². The summed E-state index contributed by atoms with van der Waals surface area (Å²) < 4.78 is 5.54. The van der Waals surface area contributed by atoms with E-state index in [1.165, 1.54) is 12.8 Å².